The molecule has 0 N–H and O–H groups in total. The van der Waals surface area contributed by atoms with Gasteiger partial charge in [-0.2, -0.15) is 0 Å². The molecule has 0 aromatic heterocycles. The highest BCUT2D eigenvalue weighted by Crippen LogP contribution is 2.69. The molecule has 3 unspecified atom stereocenters. The van der Waals surface area contributed by atoms with E-state index in [0.29, 0.717) is 17.4 Å². The summed E-state index contributed by atoms with van der Waals surface area (Å²) in [5.74, 6) is 3.52. The Kier molecular flexibility index (Phi) is 7.31. The quantitative estimate of drug-likeness (QED) is 0.175. The van der Waals surface area contributed by atoms with Crippen LogP contribution in [0.25, 0.3) is 33.4 Å². The Labute approximate surface area is 339 Å². The molecule has 1 aliphatic heterocycles. The van der Waals surface area contributed by atoms with Gasteiger partial charge in [0.15, 0.2) is 23.0 Å². The Morgan fingerprint density at radius 2 is 1.38 bits per heavy atom. The lowest BCUT2D eigenvalue weighted by atomic mass is 9.65. The van der Waals surface area contributed by atoms with Gasteiger partial charge in [-0.15, -0.1) is 0 Å². The largest absolute Gasteiger partial charge is 0.449 e. The molecular formula is C55H37NO2. The zero-order valence-electron chi connectivity index (χ0n) is 31.7. The van der Waals surface area contributed by atoms with E-state index in [2.05, 4.69) is 193 Å². The molecule has 274 valence electrons. The van der Waals surface area contributed by atoms with Crippen LogP contribution >= 0.6 is 0 Å². The third kappa shape index (κ3) is 4.76. The van der Waals surface area contributed by atoms with Gasteiger partial charge in [-0.05, 0) is 100 Å². The predicted octanol–water partition coefficient (Wildman–Crippen LogP) is 14.3. The molecule has 0 saturated heterocycles. The van der Waals surface area contributed by atoms with Crippen molar-refractivity contribution >= 4 is 17.1 Å². The van der Waals surface area contributed by atoms with Crippen molar-refractivity contribution in [1.29, 1.82) is 0 Å². The smallest absolute Gasteiger partial charge is 0.178 e. The number of hydrogen-bond acceptors (Lipinski definition) is 3. The molecule has 3 nitrogen and oxygen atoms in total. The summed E-state index contributed by atoms with van der Waals surface area (Å²) < 4.78 is 14.0. The second kappa shape index (κ2) is 12.9. The summed E-state index contributed by atoms with van der Waals surface area (Å²) in [4.78, 5) is 2.30. The van der Waals surface area contributed by atoms with Crippen molar-refractivity contribution in [2.45, 2.75) is 18.3 Å². The monoisotopic (exact) mass is 743 g/mol. The molecule has 1 fully saturated rings. The van der Waals surface area contributed by atoms with Gasteiger partial charge in [-0.1, -0.05) is 146 Å². The average Bonchev–Trinajstić information content (AvgIpc) is 3.77. The molecule has 1 heterocycles. The fourth-order valence-corrected chi connectivity index (χ4v) is 10.4. The molecule has 4 aliphatic carbocycles. The number of ether oxygens (including phenoxy) is 2. The highest BCUT2D eigenvalue weighted by atomic mass is 16.6. The summed E-state index contributed by atoms with van der Waals surface area (Å²) >= 11 is 0. The van der Waals surface area contributed by atoms with Crippen LogP contribution in [0.1, 0.15) is 24.0 Å². The van der Waals surface area contributed by atoms with Crippen LogP contribution in [-0.4, -0.2) is 0 Å². The molecule has 7 aromatic rings. The van der Waals surface area contributed by atoms with Gasteiger partial charge in [-0.25, -0.2) is 0 Å². The van der Waals surface area contributed by atoms with Gasteiger partial charge in [0, 0.05) is 40.3 Å². The third-order valence-corrected chi connectivity index (χ3v) is 12.7. The van der Waals surface area contributed by atoms with Crippen LogP contribution in [0.4, 0.5) is 17.1 Å². The summed E-state index contributed by atoms with van der Waals surface area (Å²) in [6, 6.07) is 60.0. The van der Waals surface area contributed by atoms with Crippen molar-refractivity contribution in [3.63, 3.8) is 0 Å². The van der Waals surface area contributed by atoms with Crippen LogP contribution < -0.4 is 14.4 Å². The summed E-state index contributed by atoms with van der Waals surface area (Å²) in [5.41, 5.74) is 15.0. The van der Waals surface area contributed by atoms with Crippen LogP contribution in [0.2, 0.25) is 0 Å². The Morgan fingerprint density at radius 1 is 0.586 bits per heavy atom. The number of hydrogen-bond donors (Lipinski definition) is 0. The van der Waals surface area contributed by atoms with E-state index < -0.39 is 0 Å². The summed E-state index contributed by atoms with van der Waals surface area (Å²) in [6.45, 7) is 0. The van der Waals surface area contributed by atoms with E-state index in [0.717, 1.165) is 69.2 Å². The molecule has 12 rings (SSSR count). The van der Waals surface area contributed by atoms with Gasteiger partial charge in [0.2, 0.25) is 0 Å². The predicted molar refractivity (Wildman–Crippen MR) is 233 cm³/mol. The van der Waals surface area contributed by atoms with Crippen molar-refractivity contribution in [3.05, 3.63) is 223 Å². The van der Waals surface area contributed by atoms with Crippen molar-refractivity contribution < 1.29 is 9.47 Å². The van der Waals surface area contributed by atoms with Gasteiger partial charge >= 0.3 is 0 Å². The van der Waals surface area contributed by atoms with Crippen LogP contribution in [0.15, 0.2) is 199 Å². The summed E-state index contributed by atoms with van der Waals surface area (Å²) in [7, 11) is 0. The van der Waals surface area contributed by atoms with Crippen LogP contribution in [0, 0.1) is 24.0 Å². The topological polar surface area (TPSA) is 21.7 Å². The first-order valence-electron chi connectivity index (χ1n) is 20.2. The van der Waals surface area contributed by atoms with Gasteiger partial charge < -0.3 is 14.4 Å². The molecular weight excluding hydrogens is 707 g/mol. The number of anilines is 3. The molecule has 0 amide bonds. The molecule has 0 bridgehead atoms. The first-order valence-corrected chi connectivity index (χ1v) is 20.2. The summed E-state index contributed by atoms with van der Waals surface area (Å²) in [5, 5.41) is 0. The third-order valence-electron chi connectivity index (χ3n) is 12.7. The van der Waals surface area contributed by atoms with Crippen LogP contribution in [-0.2, 0) is 5.41 Å². The standard InChI is InChI=1S/C55H37NO2/c1-3-16-36(17-4-1)38-20-15-21-39(34-38)56(49-29-14-10-22-41(49)37-18-5-2-6-19-37)40-30-32-50-52(35-40)57-51-33-31-48-53(54(51)58-50)44-25-9-13-28-47(44)55(48)45-26-11-7-23-42(45)43-24-8-12-27-46(43)55/h1-5,7,9-11,13-18,20-35,42,45H,8,12H2. The SMILES string of the molecule is c1cccc(-c2ccccc2N(c2cccc(-c3ccccc3)c2)c2ccc3c(c2)Oc2ccc4c(c2O3)-c2ccccc2C42C3=CCCC=C3C3C=CC=CC32)c#1. The van der Waals surface area contributed by atoms with Crippen molar-refractivity contribution in [3.8, 4) is 56.4 Å². The lowest BCUT2D eigenvalue weighted by Crippen LogP contribution is -2.33. The van der Waals surface area contributed by atoms with E-state index in [1.165, 1.54) is 27.8 Å². The van der Waals surface area contributed by atoms with E-state index in [4.69, 9.17) is 9.47 Å². The zero-order chi connectivity index (χ0) is 38.2. The Bertz CT molecular complexity index is 2920. The zero-order valence-corrected chi connectivity index (χ0v) is 31.7. The van der Waals surface area contributed by atoms with Crippen molar-refractivity contribution in [2.24, 2.45) is 11.8 Å². The van der Waals surface area contributed by atoms with Gasteiger partial charge in [-0.3, -0.25) is 0 Å². The maximum absolute atomic E-state index is 7.05. The van der Waals surface area contributed by atoms with Crippen molar-refractivity contribution in [1.82, 2.24) is 0 Å². The summed E-state index contributed by atoms with van der Waals surface area (Å²) in [6.07, 6.45) is 16.5. The normalized spacial score (nSPS) is 19.9. The minimum atomic E-state index is -0.289. The number of rotatable bonds is 5. The van der Waals surface area contributed by atoms with Gasteiger partial charge in [0.1, 0.15) is 0 Å². The second-order valence-corrected chi connectivity index (χ2v) is 15.7. The second-order valence-electron chi connectivity index (χ2n) is 15.7. The first kappa shape index (κ1) is 32.9. The molecule has 1 saturated carbocycles. The fraction of sp³-hybridized carbons (Fsp3) is 0.0909. The molecule has 5 aliphatic rings. The number of allylic oxidation sites excluding steroid dienone is 8. The first-order chi connectivity index (χ1) is 28.8. The fourth-order valence-electron chi connectivity index (χ4n) is 10.4. The lowest BCUT2D eigenvalue weighted by Gasteiger charge is -2.36. The molecule has 3 atom stereocenters. The number of para-hydroxylation sites is 1. The van der Waals surface area contributed by atoms with E-state index in [1.54, 1.807) is 0 Å². The lowest BCUT2D eigenvalue weighted by molar-refractivity contribution is 0.360. The molecule has 58 heavy (non-hydrogen) atoms. The van der Waals surface area contributed by atoms with Gasteiger partial charge in [0.05, 0.1) is 16.8 Å². The average molecular weight is 744 g/mol. The minimum absolute atomic E-state index is 0.286. The van der Waals surface area contributed by atoms with Crippen LogP contribution in [0.3, 0.4) is 0 Å². The Morgan fingerprint density at radius 3 is 2.29 bits per heavy atom. The molecule has 7 aromatic carbocycles. The molecule has 3 heteroatoms. The van der Waals surface area contributed by atoms with E-state index >= 15 is 0 Å². The maximum atomic E-state index is 7.05. The highest BCUT2D eigenvalue weighted by molar-refractivity contribution is 5.93. The van der Waals surface area contributed by atoms with Crippen molar-refractivity contribution in [2.75, 3.05) is 4.90 Å². The number of nitrogens with zero attached hydrogens (tertiary/aromatic N) is 1. The minimum Gasteiger partial charge on any atom is -0.449 e. The maximum Gasteiger partial charge on any atom is 0.178 e. The Hall–Kier alpha value is -7.28. The molecule has 1 spiro atoms. The van der Waals surface area contributed by atoms with Crippen LogP contribution in [0.5, 0.6) is 23.0 Å². The Balaban J connectivity index is 0.995. The number of benzene rings is 6. The van der Waals surface area contributed by atoms with E-state index in [-0.39, 0.29) is 11.3 Å². The van der Waals surface area contributed by atoms with E-state index in [9.17, 15) is 0 Å². The number of fused-ring (bicyclic) bond motifs is 13. The molecule has 0 radical (unpaired) electrons. The van der Waals surface area contributed by atoms with E-state index in [1.807, 2.05) is 12.1 Å². The van der Waals surface area contributed by atoms with Gasteiger partial charge in [0.25, 0.3) is 0 Å². The highest BCUT2D eigenvalue weighted by Gasteiger charge is 2.59.